The third-order valence-electron chi connectivity index (χ3n) is 4.69. The number of hydrogen-bond donors (Lipinski definition) is 0. The summed E-state index contributed by atoms with van der Waals surface area (Å²) in [4.78, 5) is 9.26. The molecule has 4 heterocycles. The van der Waals surface area contributed by atoms with E-state index >= 15 is 0 Å². The first-order chi connectivity index (χ1) is 11.3. The van der Waals surface area contributed by atoms with Gasteiger partial charge in [0.15, 0.2) is 0 Å². The standard InChI is InChI=1S/C16H21N5OS/c1-2-6-17-14(4-1)20-7-3-5-16(10-20)11-21(8-9-22-12-16)15-19-18-13-23-15/h1-2,4,6,13H,3,5,7-12H2/t16-/m0/s1. The Morgan fingerprint density at radius 3 is 2.96 bits per heavy atom. The first kappa shape index (κ1) is 14.8. The average molecular weight is 331 g/mol. The maximum atomic E-state index is 5.97. The van der Waals surface area contributed by atoms with Gasteiger partial charge < -0.3 is 14.5 Å². The molecule has 0 saturated carbocycles. The first-order valence-electron chi connectivity index (χ1n) is 8.10. The summed E-state index contributed by atoms with van der Waals surface area (Å²) in [6.07, 6.45) is 4.23. The molecule has 2 fully saturated rings. The fourth-order valence-corrected chi connectivity index (χ4v) is 4.24. The molecule has 1 spiro atoms. The number of pyridine rings is 1. The zero-order chi connectivity index (χ0) is 15.5. The Labute approximate surface area is 140 Å². The molecule has 0 aliphatic carbocycles. The Balaban J connectivity index is 1.55. The molecule has 4 rings (SSSR count). The minimum Gasteiger partial charge on any atom is -0.379 e. The van der Waals surface area contributed by atoms with Gasteiger partial charge in [-0.25, -0.2) is 4.98 Å². The Kier molecular flexibility index (Phi) is 4.13. The van der Waals surface area contributed by atoms with Crippen molar-refractivity contribution in [3.8, 4) is 0 Å². The third kappa shape index (κ3) is 3.16. The van der Waals surface area contributed by atoms with E-state index in [4.69, 9.17) is 4.74 Å². The highest BCUT2D eigenvalue weighted by atomic mass is 32.1. The van der Waals surface area contributed by atoms with Crippen molar-refractivity contribution in [1.29, 1.82) is 0 Å². The normalized spacial score (nSPS) is 25.6. The van der Waals surface area contributed by atoms with Gasteiger partial charge in [0.2, 0.25) is 5.13 Å². The molecule has 2 aliphatic rings. The van der Waals surface area contributed by atoms with Crippen molar-refractivity contribution in [2.75, 3.05) is 49.2 Å². The van der Waals surface area contributed by atoms with Crippen LogP contribution in [-0.2, 0) is 4.74 Å². The predicted octanol–water partition coefficient (Wildman–Crippen LogP) is 2.06. The summed E-state index contributed by atoms with van der Waals surface area (Å²) in [5.41, 5.74) is 1.94. The maximum absolute atomic E-state index is 5.97. The van der Waals surface area contributed by atoms with Gasteiger partial charge in [-0.1, -0.05) is 17.4 Å². The van der Waals surface area contributed by atoms with Crippen molar-refractivity contribution < 1.29 is 4.74 Å². The van der Waals surface area contributed by atoms with Crippen LogP contribution in [0.1, 0.15) is 12.8 Å². The summed E-state index contributed by atoms with van der Waals surface area (Å²) >= 11 is 1.61. The Bertz CT molecular complexity index is 623. The Hall–Kier alpha value is -1.73. The highest BCUT2D eigenvalue weighted by Gasteiger charge is 2.39. The van der Waals surface area contributed by atoms with E-state index in [1.165, 1.54) is 12.8 Å². The predicted molar refractivity (Wildman–Crippen MR) is 91.1 cm³/mol. The monoisotopic (exact) mass is 331 g/mol. The fourth-order valence-electron chi connectivity index (χ4n) is 3.65. The van der Waals surface area contributed by atoms with Crippen LogP contribution in [0, 0.1) is 5.41 Å². The molecule has 2 aromatic rings. The lowest BCUT2D eigenvalue weighted by Crippen LogP contribution is -2.51. The summed E-state index contributed by atoms with van der Waals surface area (Å²) in [5.74, 6) is 1.07. The average Bonchev–Trinajstić information content (AvgIpc) is 3.06. The van der Waals surface area contributed by atoms with E-state index in [2.05, 4.69) is 37.1 Å². The molecule has 7 heteroatoms. The second-order valence-corrected chi connectivity index (χ2v) is 7.22. The van der Waals surface area contributed by atoms with E-state index < -0.39 is 0 Å². The van der Waals surface area contributed by atoms with Crippen LogP contribution in [0.3, 0.4) is 0 Å². The van der Waals surface area contributed by atoms with Gasteiger partial charge in [-0.05, 0) is 25.0 Å². The van der Waals surface area contributed by atoms with Crippen molar-refractivity contribution in [2.45, 2.75) is 12.8 Å². The van der Waals surface area contributed by atoms with Gasteiger partial charge in [0.1, 0.15) is 11.3 Å². The smallest absolute Gasteiger partial charge is 0.208 e. The molecule has 122 valence electrons. The number of rotatable bonds is 2. The molecule has 1 atom stereocenters. The van der Waals surface area contributed by atoms with Crippen molar-refractivity contribution in [2.24, 2.45) is 5.41 Å². The van der Waals surface area contributed by atoms with Crippen molar-refractivity contribution >= 4 is 22.3 Å². The van der Waals surface area contributed by atoms with E-state index in [0.29, 0.717) is 0 Å². The Morgan fingerprint density at radius 2 is 2.13 bits per heavy atom. The minimum absolute atomic E-state index is 0.137. The van der Waals surface area contributed by atoms with E-state index in [1.807, 2.05) is 12.3 Å². The summed E-state index contributed by atoms with van der Waals surface area (Å²) in [5, 5.41) is 9.24. The summed E-state index contributed by atoms with van der Waals surface area (Å²) in [6, 6.07) is 6.12. The molecule has 2 saturated heterocycles. The van der Waals surface area contributed by atoms with Gasteiger partial charge in [0.25, 0.3) is 0 Å². The molecule has 2 aromatic heterocycles. The largest absolute Gasteiger partial charge is 0.379 e. The van der Waals surface area contributed by atoms with Crippen LogP contribution in [0.4, 0.5) is 10.9 Å². The molecule has 0 unspecified atom stereocenters. The van der Waals surface area contributed by atoms with Gasteiger partial charge in [-0.15, -0.1) is 10.2 Å². The third-order valence-corrected chi connectivity index (χ3v) is 5.44. The number of ether oxygens (including phenoxy) is 1. The lowest BCUT2D eigenvalue weighted by molar-refractivity contribution is 0.0597. The minimum atomic E-state index is 0.137. The highest BCUT2D eigenvalue weighted by molar-refractivity contribution is 7.13. The molecule has 0 radical (unpaired) electrons. The number of aromatic nitrogens is 3. The fraction of sp³-hybridized carbons (Fsp3) is 0.562. The summed E-state index contributed by atoms with van der Waals surface area (Å²) in [7, 11) is 0. The SMILES string of the molecule is c1ccc(N2CCC[C@]3(COCCN(c4nncs4)C3)C2)nc1. The maximum Gasteiger partial charge on any atom is 0.208 e. The topological polar surface area (TPSA) is 54.4 Å². The van der Waals surface area contributed by atoms with Gasteiger partial charge in [-0.3, -0.25) is 0 Å². The van der Waals surface area contributed by atoms with Crippen LogP contribution in [0.25, 0.3) is 0 Å². The molecular weight excluding hydrogens is 310 g/mol. The van der Waals surface area contributed by atoms with E-state index in [-0.39, 0.29) is 5.41 Å². The summed E-state index contributed by atoms with van der Waals surface area (Å²) in [6.45, 7) is 5.49. The zero-order valence-electron chi connectivity index (χ0n) is 13.1. The first-order valence-corrected chi connectivity index (χ1v) is 8.98. The van der Waals surface area contributed by atoms with Crippen molar-refractivity contribution in [1.82, 2.24) is 15.2 Å². The Morgan fingerprint density at radius 1 is 1.17 bits per heavy atom. The molecule has 23 heavy (non-hydrogen) atoms. The lowest BCUT2D eigenvalue weighted by Gasteiger charge is -2.43. The quantitative estimate of drug-likeness (QED) is 0.839. The molecule has 0 amide bonds. The van der Waals surface area contributed by atoms with Crippen molar-refractivity contribution in [3.63, 3.8) is 0 Å². The molecule has 0 N–H and O–H groups in total. The summed E-state index contributed by atoms with van der Waals surface area (Å²) < 4.78 is 5.97. The van der Waals surface area contributed by atoms with Crippen molar-refractivity contribution in [3.05, 3.63) is 29.9 Å². The molecule has 2 aliphatic heterocycles. The number of nitrogens with zero attached hydrogens (tertiary/aromatic N) is 5. The van der Waals surface area contributed by atoms with Gasteiger partial charge in [0.05, 0.1) is 13.2 Å². The van der Waals surface area contributed by atoms with Crippen LogP contribution < -0.4 is 9.80 Å². The van der Waals surface area contributed by atoms with Crippen LogP contribution in [0.5, 0.6) is 0 Å². The van der Waals surface area contributed by atoms with E-state index in [0.717, 1.165) is 50.3 Å². The molecule has 0 bridgehead atoms. The molecular formula is C16H21N5OS. The van der Waals surface area contributed by atoms with Gasteiger partial charge in [0, 0.05) is 37.8 Å². The van der Waals surface area contributed by atoms with Crippen LogP contribution in [-0.4, -0.2) is 54.6 Å². The second kappa shape index (κ2) is 6.41. The number of anilines is 2. The molecule has 0 aromatic carbocycles. The lowest BCUT2D eigenvalue weighted by atomic mass is 9.80. The number of hydrogen-bond acceptors (Lipinski definition) is 7. The number of piperidine rings is 1. The van der Waals surface area contributed by atoms with E-state index in [9.17, 15) is 0 Å². The zero-order valence-corrected chi connectivity index (χ0v) is 13.9. The van der Waals surface area contributed by atoms with Crippen LogP contribution >= 0.6 is 11.3 Å². The van der Waals surface area contributed by atoms with Crippen LogP contribution in [0.2, 0.25) is 0 Å². The second-order valence-electron chi connectivity index (χ2n) is 6.41. The van der Waals surface area contributed by atoms with Crippen LogP contribution in [0.15, 0.2) is 29.9 Å². The van der Waals surface area contributed by atoms with E-state index in [1.54, 1.807) is 16.8 Å². The van der Waals surface area contributed by atoms with Gasteiger partial charge >= 0.3 is 0 Å². The highest BCUT2D eigenvalue weighted by Crippen LogP contribution is 2.36. The van der Waals surface area contributed by atoms with Gasteiger partial charge in [-0.2, -0.15) is 0 Å². The molecule has 6 nitrogen and oxygen atoms in total.